The number of rotatable bonds is 8. The summed E-state index contributed by atoms with van der Waals surface area (Å²) in [5, 5.41) is 0. The van der Waals surface area contributed by atoms with Crippen LogP contribution in [0.1, 0.15) is 32.6 Å². The second-order valence-electron chi connectivity index (χ2n) is 7.13. The van der Waals surface area contributed by atoms with Crippen molar-refractivity contribution in [3.63, 3.8) is 0 Å². The minimum Gasteiger partial charge on any atom is -0.200 e. The molecule has 0 spiro atoms. The van der Waals surface area contributed by atoms with Crippen molar-refractivity contribution in [2.75, 3.05) is 0 Å². The lowest BCUT2D eigenvalue weighted by Crippen LogP contribution is -2.66. The molecule has 0 heterocycles. The van der Waals surface area contributed by atoms with Crippen LogP contribution in [0.2, 0.25) is 6.32 Å². The largest absolute Gasteiger partial charge is 0.200 e. The summed E-state index contributed by atoms with van der Waals surface area (Å²) in [6, 6.07) is 33.4. The van der Waals surface area contributed by atoms with E-state index < -0.39 is 6.15 Å². The van der Waals surface area contributed by atoms with Crippen molar-refractivity contribution in [1.82, 2.24) is 0 Å². The molecule has 0 radical (unpaired) electrons. The molecule has 3 aromatic rings. The van der Waals surface area contributed by atoms with E-state index in [9.17, 15) is 0 Å². The van der Waals surface area contributed by atoms with Crippen LogP contribution in [0.25, 0.3) is 0 Å². The Hall–Kier alpha value is -2.28. The van der Waals surface area contributed by atoms with Crippen LogP contribution in [0.5, 0.6) is 0 Å². The molecule has 128 valence electrons. The Kier molecular flexibility index (Phi) is 6.12. The van der Waals surface area contributed by atoms with Crippen molar-refractivity contribution < 1.29 is 0 Å². The van der Waals surface area contributed by atoms with E-state index in [0.717, 1.165) is 0 Å². The molecular formula is C24H28B-. The minimum absolute atomic E-state index is 0.928. The smallest absolute Gasteiger partial charge is 0.0814 e. The van der Waals surface area contributed by atoms with Gasteiger partial charge >= 0.3 is 0 Å². The SMILES string of the molecule is CCCCCC[B-](c1ccccc1)(c1ccccc1)c1ccccc1. The Morgan fingerprint density at radius 2 is 0.920 bits per heavy atom. The Labute approximate surface area is 152 Å². The fourth-order valence-electron chi connectivity index (χ4n) is 4.30. The first-order valence-corrected chi connectivity index (χ1v) is 9.71. The first kappa shape index (κ1) is 17.5. The first-order chi connectivity index (χ1) is 12.4. The van der Waals surface area contributed by atoms with Gasteiger partial charge in [0.25, 0.3) is 0 Å². The van der Waals surface area contributed by atoms with Crippen molar-refractivity contribution in [1.29, 1.82) is 0 Å². The normalized spacial score (nSPS) is 11.4. The maximum Gasteiger partial charge on any atom is 0.0814 e. The molecule has 0 saturated heterocycles. The quantitative estimate of drug-likeness (QED) is 0.414. The standard InChI is InChI=1S/C24H28B/c1-2-3-4-14-21-25(22-15-8-5-9-16-22,23-17-10-6-11-18-23)24-19-12-7-13-20-24/h5-13,15-20H,2-4,14,21H2,1H3/q-1. The maximum absolute atomic E-state index is 2.32. The van der Waals surface area contributed by atoms with Crippen LogP contribution in [0.3, 0.4) is 0 Å². The molecule has 25 heavy (non-hydrogen) atoms. The zero-order chi connectivity index (χ0) is 17.4. The average molecular weight is 327 g/mol. The predicted molar refractivity (Wildman–Crippen MR) is 113 cm³/mol. The lowest BCUT2D eigenvalue weighted by molar-refractivity contribution is 0.698. The summed E-state index contributed by atoms with van der Waals surface area (Å²) in [4.78, 5) is 0. The molecule has 0 aliphatic heterocycles. The molecule has 0 bridgehead atoms. The number of unbranched alkanes of at least 4 members (excludes halogenated alkanes) is 3. The van der Waals surface area contributed by atoms with Crippen molar-refractivity contribution >= 4 is 22.5 Å². The topological polar surface area (TPSA) is 0 Å². The average Bonchev–Trinajstić information content (AvgIpc) is 2.70. The zero-order valence-electron chi connectivity index (χ0n) is 15.3. The van der Waals surface area contributed by atoms with E-state index in [0.29, 0.717) is 0 Å². The Bertz CT molecular complexity index is 638. The van der Waals surface area contributed by atoms with Crippen molar-refractivity contribution in [3.05, 3.63) is 91.0 Å². The molecule has 3 aromatic carbocycles. The lowest BCUT2D eigenvalue weighted by atomic mass is 9.14. The third kappa shape index (κ3) is 3.87. The second-order valence-corrected chi connectivity index (χ2v) is 7.13. The highest BCUT2D eigenvalue weighted by Crippen LogP contribution is 2.17. The molecule has 0 aliphatic rings. The van der Waals surface area contributed by atoms with Crippen molar-refractivity contribution in [3.8, 4) is 0 Å². The molecule has 0 aliphatic carbocycles. The van der Waals surface area contributed by atoms with Crippen LogP contribution < -0.4 is 16.4 Å². The maximum atomic E-state index is 2.32. The highest BCUT2D eigenvalue weighted by molar-refractivity contribution is 7.11. The summed E-state index contributed by atoms with van der Waals surface area (Å²) in [6.45, 7) is 2.28. The van der Waals surface area contributed by atoms with Gasteiger partial charge < -0.3 is 0 Å². The fourth-order valence-corrected chi connectivity index (χ4v) is 4.30. The highest BCUT2D eigenvalue weighted by Gasteiger charge is 2.28. The van der Waals surface area contributed by atoms with Gasteiger partial charge in [-0.2, -0.15) is 22.7 Å². The Morgan fingerprint density at radius 1 is 0.520 bits per heavy atom. The molecular weight excluding hydrogens is 299 g/mol. The van der Waals surface area contributed by atoms with E-state index in [1.807, 2.05) is 0 Å². The summed E-state index contributed by atoms with van der Waals surface area (Å²) in [5.74, 6) is 0. The summed E-state index contributed by atoms with van der Waals surface area (Å²) < 4.78 is 0. The van der Waals surface area contributed by atoms with Crippen LogP contribution in [0.15, 0.2) is 91.0 Å². The third-order valence-electron chi connectivity index (χ3n) is 5.60. The van der Waals surface area contributed by atoms with Crippen LogP contribution in [-0.2, 0) is 0 Å². The van der Waals surface area contributed by atoms with E-state index >= 15 is 0 Å². The summed E-state index contributed by atoms with van der Waals surface area (Å²) in [7, 11) is 0. The molecule has 0 nitrogen and oxygen atoms in total. The van der Waals surface area contributed by atoms with Gasteiger partial charge in [-0.15, -0.1) is 0 Å². The molecule has 0 atom stereocenters. The van der Waals surface area contributed by atoms with E-state index in [1.54, 1.807) is 0 Å². The van der Waals surface area contributed by atoms with E-state index in [1.165, 1.54) is 48.4 Å². The predicted octanol–water partition coefficient (Wildman–Crippen LogP) is 4.74. The molecule has 0 fully saturated rings. The van der Waals surface area contributed by atoms with Gasteiger partial charge in [0.15, 0.2) is 0 Å². The minimum atomic E-state index is -0.928. The van der Waals surface area contributed by atoms with Gasteiger partial charge in [-0.25, -0.2) is 0 Å². The Morgan fingerprint density at radius 3 is 1.28 bits per heavy atom. The van der Waals surface area contributed by atoms with Crippen LogP contribution in [-0.4, -0.2) is 6.15 Å². The van der Waals surface area contributed by atoms with Gasteiger partial charge in [-0.05, 0) is 0 Å². The Balaban J connectivity index is 2.13. The molecule has 0 unspecified atom stereocenters. The van der Waals surface area contributed by atoms with E-state index in [4.69, 9.17) is 0 Å². The summed E-state index contributed by atoms with van der Waals surface area (Å²) in [5.41, 5.74) is 4.36. The number of hydrogen-bond donors (Lipinski definition) is 0. The van der Waals surface area contributed by atoms with Gasteiger partial charge in [0.2, 0.25) is 0 Å². The second kappa shape index (κ2) is 8.71. The monoisotopic (exact) mass is 327 g/mol. The molecule has 1 heteroatoms. The van der Waals surface area contributed by atoms with E-state index in [2.05, 4.69) is 97.9 Å². The zero-order valence-corrected chi connectivity index (χ0v) is 15.3. The third-order valence-corrected chi connectivity index (χ3v) is 5.60. The molecule has 3 rings (SSSR count). The van der Waals surface area contributed by atoms with Crippen LogP contribution >= 0.6 is 0 Å². The molecule has 0 N–H and O–H groups in total. The van der Waals surface area contributed by atoms with Gasteiger partial charge in [0, 0.05) is 0 Å². The van der Waals surface area contributed by atoms with Gasteiger partial charge in [-0.3, -0.25) is 0 Å². The van der Waals surface area contributed by atoms with Crippen molar-refractivity contribution in [2.45, 2.75) is 38.9 Å². The van der Waals surface area contributed by atoms with E-state index in [-0.39, 0.29) is 0 Å². The van der Waals surface area contributed by atoms with Gasteiger partial charge in [-0.1, -0.05) is 124 Å². The lowest BCUT2D eigenvalue weighted by Gasteiger charge is -2.43. The number of benzene rings is 3. The van der Waals surface area contributed by atoms with Gasteiger partial charge in [0.1, 0.15) is 0 Å². The van der Waals surface area contributed by atoms with Crippen molar-refractivity contribution in [2.24, 2.45) is 0 Å². The van der Waals surface area contributed by atoms with Crippen LogP contribution in [0, 0.1) is 0 Å². The first-order valence-electron chi connectivity index (χ1n) is 9.71. The molecule has 0 aromatic heterocycles. The summed E-state index contributed by atoms with van der Waals surface area (Å²) in [6.07, 6.45) is 5.46. The summed E-state index contributed by atoms with van der Waals surface area (Å²) >= 11 is 0. The highest BCUT2D eigenvalue weighted by atomic mass is 14.1. The molecule has 0 amide bonds. The van der Waals surface area contributed by atoms with Gasteiger partial charge in [0.05, 0.1) is 6.15 Å². The number of hydrogen-bond acceptors (Lipinski definition) is 0. The van der Waals surface area contributed by atoms with Crippen LogP contribution in [0.4, 0.5) is 0 Å². The molecule has 0 saturated carbocycles. The fraction of sp³-hybridized carbons (Fsp3) is 0.250.